The summed E-state index contributed by atoms with van der Waals surface area (Å²) < 4.78 is 50.7. The third-order valence-electron chi connectivity index (χ3n) is 3.27. The molecule has 0 radical (unpaired) electrons. The lowest BCUT2D eigenvalue weighted by molar-refractivity contribution is -0.140. The molecule has 0 aromatic heterocycles. The van der Waals surface area contributed by atoms with Crippen LogP contribution in [-0.4, -0.2) is 24.0 Å². The Bertz CT molecular complexity index is 501. The predicted molar refractivity (Wildman–Crippen MR) is 59.9 cm³/mol. The molecule has 0 unspecified atom stereocenters. The number of alkyl halides is 3. The average Bonchev–Trinajstić information content (AvgIpc) is 2.76. The molecular weight excluding hydrogens is 264 g/mol. The zero-order valence-electron chi connectivity index (χ0n) is 9.88. The highest BCUT2D eigenvalue weighted by Crippen LogP contribution is 2.34. The van der Waals surface area contributed by atoms with Crippen molar-refractivity contribution in [2.24, 2.45) is 5.73 Å². The van der Waals surface area contributed by atoms with Crippen molar-refractivity contribution >= 4 is 6.03 Å². The van der Waals surface area contributed by atoms with E-state index in [1.54, 1.807) is 0 Å². The molecule has 1 aliphatic heterocycles. The van der Waals surface area contributed by atoms with Gasteiger partial charge in [0.15, 0.2) is 0 Å². The molecular formula is C12H12F4N2O. The summed E-state index contributed by atoms with van der Waals surface area (Å²) in [7, 11) is 0. The first-order chi connectivity index (χ1) is 8.79. The van der Waals surface area contributed by atoms with Crippen LogP contribution in [-0.2, 0) is 6.18 Å². The smallest absolute Gasteiger partial charge is 0.351 e. The van der Waals surface area contributed by atoms with Gasteiger partial charge >= 0.3 is 12.2 Å². The molecule has 1 atom stereocenters. The second kappa shape index (κ2) is 4.71. The zero-order valence-corrected chi connectivity index (χ0v) is 9.88. The lowest BCUT2D eigenvalue weighted by atomic mass is 9.97. The normalized spacial score (nSPS) is 19.8. The third kappa shape index (κ3) is 2.80. The minimum atomic E-state index is -4.70. The van der Waals surface area contributed by atoms with E-state index in [0.717, 1.165) is 12.1 Å². The Hall–Kier alpha value is -1.79. The molecule has 1 aromatic carbocycles. The Morgan fingerprint density at radius 1 is 1.37 bits per heavy atom. The van der Waals surface area contributed by atoms with E-state index < -0.39 is 23.6 Å². The number of nitrogens with zero attached hydrogens (tertiary/aromatic N) is 1. The summed E-state index contributed by atoms with van der Waals surface area (Å²) in [5.74, 6) is -1.47. The SMILES string of the molecule is NC(=O)N1CC[C@H](c2ccc(C(F)(F)F)c(F)c2)C1. The Morgan fingerprint density at radius 2 is 2.05 bits per heavy atom. The molecule has 0 saturated carbocycles. The van der Waals surface area contributed by atoms with Gasteiger partial charge in [-0.2, -0.15) is 13.2 Å². The molecule has 1 fully saturated rings. The molecule has 2 amide bonds. The molecule has 19 heavy (non-hydrogen) atoms. The summed E-state index contributed by atoms with van der Waals surface area (Å²) in [6.07, 6.45) is -4.13. The van der Waals surface area contributed by atoms with Gasteiger partial charge in [-0.3, -0.25) is 0 Å². The second-order valence-electron chi connectivity index (χ2n) is 4.51. The largest absolute Gasteiger partial charge is 0.419 e. The fourth-order valence-corrected chi connectivity index (χ4v) is 2.25. The lowest BCUT2D eigenvalue weighted by Crippen LogP contribution is -2.33. The molecule has 2 N–H and O–H groups in total. The van der Waals surface area contributed by atoms with E-state index >= 15 is 0 Å². The van der Waals surface area contributed by atoms with E-state index in [0.29, 0.717) is 25.1 Å². The number of hydrogen-bond acceptors (Lipinski definition) is 1. The Kier molecular flexibility index (Phi) is 3.38. The van der Waals surface area contributed by atoms with Gasteiger partial charge in [-0.25, -0.2) is 9.18 Å². The van der Waals surface area contributed by atoms with Crippen molar-refractivity contribution in [1.29, 1.82) is 0 Å². The number of primary amides is 1. The quantitative estimate of drug-likeness (QED) is 0.788. The van der Waals surface area contributed by atoms with Gasteiger partial charge in [0.1, 0.15) is 5.82 Å². The number of amides is 2. The van der Waals surface area contributed by atoms with Crippen LogP contribution in [0, 0.1) is 5.82 Å². The van der Waals surface area contributed by atoms with E-state index in [2.05, 4.69) is 0 Å². The number of nitrogens with two attached hydrogens (primary N) is 1. The van der Waals surface area contributed by atoms with Gasteiger partial charge in [0, 0.05) is 19.0 Å². The minimum absolute atomic E-state index is 0.177. The highest BCUT2D eigenvalue weighted by molar-refractivity contribution is 5.72. The number of hydrogen-bond donors (Lipinski definition) is 1. The summed E-state index contributed by atoms with van der Waals surface area (Å²) >= 11 is 0. The van der Waals surface area contributed by atoms with Gasteiger partial charge in [-0.1, -0.05) is 6.07 Å². The molecule has 0 aliphatic carbocycles. The van der Waals surface area contributed by atoms with Crippen LogP contribution in [0.3, 0.4) is 0 Å². The van der Waals surface area contributed by atoms with Crippen LogP contribution in [0.1, 0.15) is 23.5 Å². The summed E-state index contributed by atoms with van der Waals surface area (Å²) in [6.45, 7) is 0.739. The van der Waals surface area contributed by atoms with Gasteiger partial charge in [0.2, 0.25) is 0 Å². The first-order valence-electron chi connectivity index (χ1n) is 5.70. The van der Waals surface area contributed by atoms with Gasteiger partial charge in [0.25, 0.3) is 0 Å². The van der Waals surface area contributed by atoms with Gasteiger partial charge in [-0.15, -0.1) is 0 Å². The van der Waals surface area contributed by atoms with Gasteiger partial charge < -0.3 is 10.6 Å². The van der Waals surface area contributed by atoms with Crippen molar-refractivity contribution in [3.8, 4) is 0 Å². The first kappa shape index (κ1) is 13.6. The number of carbonyl (C=O) groups is 1. The van der Waals surface area contributed by atoms with E-state index in [4.69, 9.17) is 5.73 Å². The van der Waals surface area contributed by atoms with Crippen molar-refractivity contribution in [3.63, 3.8) is 0 Å². The summed E-state index contributed by atoms with van der Waals surface area (Å²) in [6, 6.07) is 2.30. The maximum Gasteiger partial charge on any atom is 0.419 e. The maximum atomic E-state index is 13.4. The minimum Gasteiger partial charge on any atom is -0.351 e. The number of benzene rings is 1. The van der Waals surface area contributed by atoms with E-state index in [1.807, 2.05) is 0 Å². The molecule has 1 aromatic rings. The van der Waals surface area contributed by atoms with Crippen molar-refractivity contribution in [2.75, 3.05) is 13.1 Å². The van der Waals surface area contributed by atoms with Crippen molar-refractivity contribution in [2.45, 2.75) is 18.5 Å². The molecule has 3 nitrogen and oxygen atoms in total. The van der Waals surface area contributed by atoms with Crippen molar-refractivity contribution in [1.82, 2.24) is 4.90 Å². The van der Waals surface area contributed by atoms with E-state index in [1.165, 1.54) is 11.0 Å². The van der Waals surface area contributed by atoms with Crippen LogP contribution in [0.15, 0.2) is 18.2 Å². The molecule has 7 heteroatoms. The zero-order chi connectivity index (χ0) is 14.2. The monoisotopic (exact) mass is 276 g/mol. The van der Waals surface area contributed by atoms with E-state index in [-0.39, 0.29) is 5.92 Å². The van der Waals surface area contributed by atoms with Crippen LogP contribution in [0.25, 0.3) is 0 Å². The number of carbonyl (C=O) groups excluding carboxylic acids is 1. The summed E-state index contributed by atoms with van der Waals surface area (Å²) in [5.41, 5.74) is 4.29. The van der Waals surface area contributed by atoms with Crippen LogP contribution in [0.2, 0.25) is 0 Å². The van der Waals surface area contributed by atoms with Crippen molar-refractivity contribution in [3.05, 3.63) is 35.1 Å². The summed E-state index contributed by atoms with van der Waals surface area (Å²) in [5, 5.41) is 0. The van der Waals surface area contributed by atoms with Gasteiger partial charge in [0.05, 0.1) is 5.56 Å². The predicted octanol–water partition coefficient (Wildman–Crippen LogP) is 2.71. The molecule has 2 rings (SSSR count). The van der Waals surface area contributed by atoms with Crippen LogP contribution >= 0.6 is 0 Å². The molecule has 104 valence electrons. The number of likely N-dealkylation sites (tertiary alicyclic amines) is 1. The highest BCUT2D eigenvalue weighted by atomic mass is 19.4. The first-order valence-corrected chi connectivity index (χ1v) is 5.70. The molecule has 0 bridgehead atoms. The van der Waals surface area contributed by atoms with E-state index in [9.17, 15) is 22.4 Å². The third-order valence-corrected chi connectivity index (χ3v) is 3.27. The number of urea groups is 1. The molecule has 0 spiro atoms. The highest BCUT2D eigenvalue weighted by Gasteiger charge is 2.35. The fourth-order valence-electron chi connectivity index (χ4n) is 2.25. The van der Waals surface area contributed by atoms with Crippen LogP contribution in [0.4, 0.5) is 22.4 Å². The lowest BCUT2D eigenvalue weighted by Gasteiger charge is -2.15. The van der Waals surface area contributed by atoms with Gasteiger partial charge in [-0.05, 0) is 24.1 Å². The molecule has 1 heterocycles. The second-order valence-corrected chi connectivity index (χ2v) is 4.51. The molecule has 1 aliphatic rings. The average molecular weight is 276 g/mol. The number of halogens is 4. The van der Waals surface area contributed by atoms with Crippen LogP contribution in [0.5, 0.6) is 0 Å². The fraction of sp³-hybridized carbons (Fsp3) is 0.417. The number of rotatable bonds is 1. The van der Waals surface area contributed by atoms with Crippen molar-refractivity contribution < 1.29 is 22.4 Å². The van der Waals surface area contributed by atoms with Crippen LogP contribution < -0.4 is 5.73 Å². The Morgan fingerprint density at radius 3 is 2.53 bits per heavy atom. The Labute approximate surface area is 107 Å². The topological polar surface area (TPSA) is 46.3 Å². The summed E-state index contributed by atoms with van der Waals surface area (Å²) in [4.78, 5) is 12.3. The maximum absolute atomic E-state index is 13.4. The standard InChI is InChI=1S/C12H12F4N2O/c13-10-5-7(1-2-9(10)12(14,15)16)8-3-4-18(6-8)11(17)19/h1-2,5,8H,3-4,6H2,(H2,17,19)/t8-/m0/s1. The Balaban J connectivity index is 2.20. The molecule has 1 saturated heterocycles.